The molecular weight excluding hydrogens is 286 g/mol. The van der Waals surface area contributed by atoms with Gasteiger partial charge in [-0.05, 0) is 55.2 Å². The van der Waals surface area contributed by atoms with E-state index in [1.165, 1.54) is 36.8 Å². The van der Waals surface area contributed by atoms with Gasteiger partial charge in [-0.2, -0.15) is 0 Å². The van der Waals surface area contributed by atoms with Crippen LogP contribution in [0.2, 0.25) is 0 Å². The number of guanidine groups is 1. The van der Waals surface area contributed by atoms with E-state index in [0.717, 1.165) is 43.6 Å². The molecule has 1 saturated carbocycles. The molecule has 2 N–H and O–H groups in total. The number of hydrogen-bond donors (Lipinski definition) is 2. The van der Waals surface area contributed by atoms with Crippen LogP contribution >= 0.6 is 0 Å². The van der Waals surface area contributed by atoms with Crippen molar-refractivity contribution in [3.63, 3.8) is 0 Å². The highest BCUT2D eigenvalue weighted by Gasteiger charge is 2.18. The number of aliphatic imine (C=N–C) groups is 1. The third-order valence-electron chi connectivity index (χ3n) is 5.04. The van der Waals surface area contributed by atoms with Crippen molar-refractivity contribution < 1.29 is 4.74 Å². The summed E-state index contributed by atoms with van der Waals surface area (Å²) in [6, 6.07) is 7.14. The summed E-state index contributed by atoms with van der Waals surface area (Å²) in [7, 11) is 1.85. The predicted octanol–water partition coefficient (Wildman–Crippen LogP) is 2.91. The molecule has 1 heterocycles. The van der Waals surface area contributed by atoms with Gasteiger partial charge in [0.25, 0.3) is 0 Å². The van der Waals surface area contributed by atoms with Gasteiger partial charge in [0.2, 0.25) is 0 Å². The maximum atomic E-state index is 5.56. The fraction of sp³-hybridized carbons (Fsp3) is 0.632. The van der Waals surface area contributed by atoms with Crippen molar-refractivity contribution >= 4 is 5.96 Å². The van der Waals surface area contributed by atoms with Crippen LogP contribution in [0.4, 0.5) is 0 Å². The summed E-state index contributed by atoms with van der Waals surface area (Å²) >= 11 is 0. The summed E-state index contributed by atoms with van der Waals surface area (Å²) in [5.41, 5.74) is 2.71. The van der Waals surface area contributed by atoms with Crippen LogP contribution in [0.25, 0.3) is 0 Å². The Kier molecular flexibility index (Phi) is 5.42. The van der Waals surface area contributed by atoms with E-state index in [4.69, 9.17) is 4.74 Å². The molecule has 0 amide bonds. The fourth-order valence-electron chi connectivity index (χ4n) is 3.51. The third-order valence-corrected chi connectivity index (χ3v) is 5.04. The van der Waals surface area contributed by atoms with E-state index in [1.807, 2.05) is 7.05 Å². The minimum absolute atomic E-state index is 0.578. The Balaban J connectivity index is 1.43. The lowest BCUT2D eigenvalue weighted by atomic mass is 9.87. The van der Waals surface area contributed by atoms with Gasteiger partial charge in [0, 0.05) is 26.1 Å². The lowest BCUT2D eigenvalue weighted by Gasteiger charge is -2.28. The minimum Gasteiger partial charge on any atom is -0.493 e. The quantitative estimate of drug-likeness (QED) is 0.663. The van der Waals surface area contributed by atoms with Crippen molar-refractivity contribution in [1.29, 1.82) is 0 Å². The van der Waals surface area contributed by atoms with Crippen molar-refractivity contribution in [2.75, 3.05) is 20.2 Å². The summed E-state index contributed by atoms with van der Waals surface area (Å²) in [4.78, 5) is 4.36. The summed E-state index contributed by atoms with van der Waals surface area (Å²) < 4.78 is 5.56. The zero-order chi connectivity index (χ0) is 16.1. The largest absolute Gasteiger partial charge is 0.493 e. The zero-order valence-electron chi connectivity index (χ0n) is 14.4. The van der Waals surface area contributed by atoms with Gasteiger partial charge in [-0.15, -0.1) is 0 Å². The Hall–Kier alpha value is -1.71. The SMILES string of the molecule is CN=C(NCCc1ccc2c(c1)CCO2)NC1CCC(C)CC1. The van der Waals surface area contributed by atoms with Gasteiger partial charge >= 0.3 is 0 Å². The highest BCUT2D eigenvalue weighted by atomic mass is 16.5. The molecule has 0 saturated heterocycles. The lowest BCUT2D eigenvalue weighted by Crippen LogP contribution is -2.45. The van der Waals surface area contributed by atoms with E-state index in [1.54, 1.807) is 0 Å². The lowest BCUT2D eigenvalue weighted by molar-refractivity contribution is 0.329. The summed E-state index contributed by atoms with van der Waals surface area (Å²) in [6.45, 7) is 4.08. The molecule has 0 unspecified atom stereocenters. The van der Waals surface area contributed by atoms with Gasteiger partial charge in [-0.3, -0.25) is 4.99 Å². The first kappa shape index (κ1) is 16.2. The van der Waals surface area contributed by atoms with Crippen LogP contribution in [0.1, 0.15) is 43.7 Å². The number of nitrogens with one attached hydrogen (secondary N) is 2. The van der Waals surface area contributed by atoms with Gasteiger partial charge in [0.1, 0.15) is 5.75 Å². The minimum atomic E-state index is 0.578. The van der Waals surface area contributed by atoms with Gasteiger partial charge in [0.05, 0.1) is 6.61 Å². The predicted molar refractivity (Wildman–Crippen MR) is 95.3 cm³/mol. The van der Waals surface area contributed by atoms with Crippen molar-refractivity contribution in [3.05, 3.63) is 29.3 Å². The molecule has 0 spiro atoms. The van der Waals surface area contributed by atoms with E-state index in [2.05, 4.69) is 40.7 Å². The normalized spacial score (nSPS) is 24.0. The van der Waals surface area contributed by atoms with E-state index >= 15 is 0 Å². The monoisotopic (exact) mass is 315 g/mol. The summed E-state index contributed by atoms with van der Waals surface area (Å²) in [5, 5.41) is 7.02. The number of benzene rings is 1. The number of rotatable bonds is 4. The highest BCUT2D eigenvalue weighted by molar-refractivity contribution is 5.79. The Bertz CT molecular complexity index is 548. The molecule has 1 aliphatic carbocycles. The van der Waals surface area contributed by atoms with E-state index in [0.29, 0.717) is 6.04 Å². The zero-order valence-corrected chi connectivity index (χ0v) is 14.4. The standard InChI is InChI=1S/C19H29N3O/c1-14-3-6-17(7-4-14)22-19(20-2)21-11-9-15-5-8-18-16(13-15)10-12-23-18/h5,8,13-14,17H,3-4,6-7,9-12H2,1-2H3,(H2,20,21,22). The first-order chi connectivity index (χ1) is 11.2. The molecule has 4 heteroatoms. The fourth-order valence-corrected chi connectivity index (χ4v) is 3.51. The average Bonchev–Trinajstić information content (AvgIpc) is 3.03. The Morgan fingerprint density at radius 2 is 2.09 bits per heavy atom. The van der Waals surface area contributed by atoms with Crippen LogP contribution in [0.5, 0.6) is 5.75 Å². The molecule has 2 aliphatic rings. The van der Waals surface area contributed by atoms with Crippen molar-refractivity contribution in [1.82, 2.24) is 10.6 Å². The molecule has 0 atom stereocenters. The molecule has 3 rings (SSSR count). The Morgan fingerprint density at radius 3 is 2.87 bits per heavy atom. The Labute approximate surface area is 139 Å². The number of nitrogens with zero attached hydrogens (tertiary/aromatic N) is 1. The van der Waals surface area contributed by atoms with Crippen LogP contribution in [0.3, 0.4) is 0 Å². The Morgan fingerprint density at radius 1 is 1.26 bits per heavy atom. The average molecular weight is 315 g/mol. The van der Waals surface area contributed by atoms with E-state index < -0.39 is 0 Å². The van der Waals surface area contributed by atoms with Crippen LogP contribution in [0, 0.1) is 5.92 Å². The second-order valence-corrected chi connectivity index (χ2v) is 6.89. The number of fused-ring (bicyclic) bond motifs is 1. The first-order valence-corrected chi connectivity index (χ1v) is 8.96. The third kappa shape index (κ3) is 4.40. The summed E-state index contributed by atoms with van der Waals surface area (Å²) in [6.07, 6.45) is 7.21. The van der Waals surface area contributed by atoms with Crippen LogP contribution in [-0.2, 0) is 12.8 Å². The molecule has 0 radical (unpaired) electrons. The van der Waals surface area contributed by atoms with E-state index in [9.17, 15) is 0 Å². The second kappa shape index (κ2) is 7.71. The van der Waals surface area contributed by atoms with Crippen molar-refractivity contribution in [2.45, 2.75) is 51.5 Å². The molecule has 0 bridgehead atoms. The van der Waals surface area contributed by atoms with Crippen LogP contribution in [0.15, 0.2) is 23.2 Å². The second-order valence-electron chi connectivity index (χ2n) is 6.89. The molecule has 1 fully saturated rings. The molecule has 23 heavy (non-hydrogen) atoms. The molecule has 1 aromatic carbocycles. The van der Waals surface area contributed by atoms with E-state index in [-0.39, 0.29) is 0 Å². The van der Waals surface area contributed by atoms with Gasteiger partial charge in [-0.25, -0.2) is 0 Å². The van der Waals surface area contributed by atoms with Crippen LogP contribution in [-0.4, -0.2) is 32.2 Å². The molecule has 1 aliphatic heterocycles. The molecular formula is C19H29N3O. The molecule has 4 nitrogen and oxygen atoms in total. The molecule has 1 aromatic rings. The summed E-state index contributed by atoms with van der Waals surface area (Å²) in [5.74, 6) is 2.88. The van der Waals surface area contributed by atoms with Crippen molar-refractivity contribution in [2.24, 2.45) is 10.9 Å². The van der Waals surface area contributed by atoms with Gasteiger partial charge in [0.15, 0.2) is 5.96 Å². The van der Waals surface area contributed by atoms with Crippen LogP contribution < -0.4 is 15.4 Å². The number of hydrogen-bond acceptors (Lipinski definition) is 2. The van der Waals surface area contributed by atoms with Gasteiger partial charge < -0.3 is 15.4 Å². The maximum absolute atomic E-state index is 5.56. The van der Waals surface area contributed by atoms with Gasteiger partial charge in [-0.1, -0.05) is 19.1 Å². The first-order valence-electron chi connectivity index (χ1n) is 8.96. The van der Waals surface area contributed by atoms with Crippen molar-refractivity contribution in [3.8, 4) is 5.75 Å². The topological polar surface area (TPSA) is 45.7 Å². The molecule has 0 aromatic heterocycles. The highest BCUT2D eigenvalue weighted by Crippen LogP contribution is 2.26. The smallest absolute Gasteiger partial charge is 0.191 e. The molecule has 126 valence electrons. The number of ether oxygens (including phenoxy) is 1. The maximum Gasteiger partial charge on any atom is 0.191 e.